The summed E-state index contributed by atoms with van der Waals surface area (Å²) in [5, 5.41) is 11.0. The Kier molecular flexibility index (Phi) is 5.19. The van der Waals surface area contributed by atoms with E-state index in [1.807, 2.05) is 0 Å². The summed E-state index contributed by atoms with van der Waals surface area (Å²) in [6.07, 6.45) is 4.79. The Morgan fingerprint density at radius 2 is 2.05 bits per heavy atom. The second-order valence-corrected chi connectivity index (χ2v) is 5.60. The smallest absolute Gasteiger partial charge is 0.244 e. The van der Waals surface area contributed by atoms with Crippen LogP contribution in [-0.4, -0.2) is 40.9 Å². The van der Waals surface area contributed by atoms with Crippen LogP contribution in [0.5, 0.6) is 0 Å². The van der Waals surface area contributed by atoms with E-state index >= 15 is 0 Å². The largest absolute Gasteiger partial charge is 0.337 e. The van der Waals surface area contributed by atoms with Gasteiger partial charge in [-0.05, 0) is 19.8 Å². The first-order valence-corrected chi connectivity index (χ1v) is 7.65. The van der Waals surface area contributed by atoms with Crippen molar-refractivity contribution in [1.29, 1.82) is 0 Å². The molecule has 1 aliphatic rings. The molecule has 108 valence electrons. The van der Waals surface area contributed by atoms with Gasteiger partial charge in [0.15, 0.2) is 0 Å². The maximum atomic E-state index is 4.74. The zero-order valence-corrected chi connectivity index (χ0v) is 12.4. The van der Waals surface area contributed by atoms with Crippen LogP contribution in [0.3, 0.4) is 0 Å². The quantitative estimate of drug-likeness (QED) is 0.828. The van der Waals surface area contributed by atoms with E-state index in [4.69, 9.17) is 4.98 Å². The zero-order chi connectivity index (χ0) is 13.7. The molecule has 1 unspecified atom stereocenters. The van der Waals surface area contributed by atoms with Crippen molar-refractivity contribution in [2.45, 2.75) is 58.4 Å². The van der Waals surface area contributed by atoms with Gasteiger partial charge in [0.05, 0.1) is 0 Å². The van der Waals surface area contributed by atoms with Gasteiger partial charge >= 0.3 is 0 Å². The lowest BCUT2D eigenvalue weighted by Gasteiger charge is -2.30. The SMILES string of the molecule is CCCC(CCC)c1nc(N2CCNC(C)C2)n[nH]1. The molecule has 2 N–H and O–H groups in total. The van der Waals surface area contributed by atoms with Gasteiger partial charge in [0.1, 0.15) is 5.82 Å². The predicted molar refractivity (Wildman–Crippen MR) is 78.6 cm³/mol. The first-order valence-electron chi connectivity index (χ1n) is 7.65. The zero-order valence-electron chi connectivity index (χ0n) is 12.4. The highest BCUT2D eigenvalue weighted by atomic mass is 15.4. The molecular formula is C14H27N5. The molecule has 0 bridgehead atoms. The van der Waals surface area contributed by atoms with Crippen molar-refractivity contribution in [2.75, 3.05) is 24.5 Å². The number of aromatic amines is 1. The maximum Gasteiger partial charge on any atom is 0.244 e. The van der Waals surface area contributed by atoms with E-state index in [9.17, 15) is 0 Å². The predicted octanol–water partition coefficient (Wildman–Crippen LogP) is 2.29. The maximum absolute atomic E-state index is 4.74. The molecule has 2 heterocycles. The number of anilines is 1. The summed E-state index contributed by atoms with van der Waals surface area (Å²) in [6, 6.07) is 0.512. The van der Waals surface area contributed by atoms with Crippen molar-refractivity contribution >= 4 is 5.95 Å². The van der Waals surface area contributed by atoms with Crippen molar-refractivity contribution in [2.24, 2.45) is 0 Å². The molecular weight excluding hydrogens is 238 g/mol. The lowest BCUT2D eigenvalue weighted by Crippen LogP contribution is -2.49. The number of rotatable bonds is 6. The monoisotopic (exact) mass is 265 g/mol. The Morgan fingerprint density at radius 3 is 2.68 bits per heavy atom. The van der Waals surface area contributed by atoms with Gasteiger partial charge in [-0.1, -0.05) is 26.7 Å². The molecule has 19 heavy (non-hydrogen) atoms. The summed E-state index contributed by atoms with van der Waals surface area (Å²) in [5.74, 6) is 2.49. The molecule has 1 atom stereocenters. The third kappa shape index (κ3) is 3.69. The normalized spacial score (nSPS) is 20.2. The highest BCUT2D eigenvalue weighted by molar-refractivity contribution is 5.30. The Labute approximate surface area is 116 Å². The Balaban J connectivity index is 2.04. The molecule has 1 aliphatic heterocycles. The molecule has 0 amide bonds. The van der Waals surface area contributed by atoms with Crippen LogP contribution in [0.1, 0.15) is 58.2 Å². The fourth-order valence-corrected chi connectivity index (χ4v) is 2.82. The number of hydrogen-bond acceptors (Lipinski definition) is 4. The van der Waals surface area contributed by atoms with Gasteiger partial charge in [0.25, 0.3) is 0 Å². The van der Waals surface area contributed by atoms with Crippen LogP contribution in [0.2, 0.25) is 0 Å². The third-order valence-electron chi connectivity index (χ3n) is 3.80. The van der Waals surface area contributed by atoms with E-state index in [1.165, 1.54) is 25.7 Å². The molecule has 5 nitrogen and oxygen atoms in total. The molecule has 0 aromatic carbocycles. The molecule has 2 rings (SSSR count). The van der Waals surface area contributed by atoms with E-state index in [0.717, 1.165) is 31.4 Å². The van der Waals surface area contributed by atoms with Crippen LogP contribution in [0.4, 0.5) is 5.95 Å². The van der Waals surface area contributed by atoms with Crippen LogP contribution in [0.15, 0.2) is 0 Å². The topological polar surface area (TPSA) is 56.8 Å². The molecule has 1 saturated heterocycles. The standard InChI is InChI=1S/C14H27N5/c1-4-6-12(7-5-2)13-16-14(18-17-13)19-9-8-15-11(3)10-19/h11-12,15H,4-10H2,1-3H3,(H,16,17,18). The number of piperazine rings is 1. The third-order valence-corrected chi connectivity index (χ3v) is 3.80. The minimum Gasteiger partial charge on any atom is -0.337 e. The summed E-state index contributed by atoms with van der Waals surface area (Å²) in [4.78, 5) is 7.01. The van der Waals surface area contributed by atoms with Gasteiger partial charge in [-0.3, -0.25) is 5.10 Å². The number of aromatic nitrogens is 3. The lowest BCUT2D eigenvalue weighted by atomic mass is 9.98. The average Bonchev–Trinajstić information content (AvgIpc) is 2.88. The minimum absolute atomic E-state index is 0.512. The van der Waals surface area contributed by atoms with Crippen molar-refractivity contribution in [3.05, 3.63) is 5.82 Å². The fourth-order valence-electron chi connectivity index (χ4n) is 2.82. The highest BCUT2D eigenvalue weighted by Gasteiger charge is 2.21. The van der Waals surface area contributed by atoms with Gasteiger partial charge in [-0.15, -0.1) is 5.10 Å². The Hall–Kier alpha value is -1.10. The minimum atomic E-state index is 0.512. The van der Waals surface area contributed by atoms with E-state index in [0.29, 0.717) is 12.0 Å². The van der Waals surface area contributed by atoms with E-state index < -0.39 is 0 Å². The van der Waals surface area contributed by atoms with Crippen molar-refractivity contribution in [3.8, 4) is 0 Å². The highest BCUT2D eigenvalue weighted by Crippen LogP contribution is 2.24. The number of H-pyrrole nitrogens is 1. The summed E-state index contributed by atoms with van der Waals surface area (Å²) in [6.45, 7) is 9.67. The number of hydrogen-bond donors (Lipinski definition) is 2. The summed E-state index contributed by atoms with van der Waals surface area (Å²) in [7, 11) is 0. The molecule has 1 fully saturated rings. The summed E-state index contributed by atoms with van der Waals surface area (Å²) in [5.41, 5.74) is 0. The van der Waals surface area contributed by atoms with E-state index in [-0.39, 0.29) is 0 Å². The molecule has 0 radical (unpaired) electrons. The van der Waals surface area contributed by atoms with Crippen molar-refractivity contribution in [1.82, 2.24) is 20.5 Å². The first-order chi connectivity index (χ1) is 9.24. The van der Waals surface area contributed by atoms with Crippen LogP contribution < -0.4 is 10.2 Å². The molecule has 1 aromatic heterocycles. The Morgan fingerprint density at radius 1 is 1.32 bits per heavy atom. The molecule has 0 aliphatic carbocycles. The van der Waals surface area contributed by atoms with Gasteiger partial charge in [-0.25, -0.2) is 0 Å². The molecule has 1 aromatic rings. The van der Waals surface area contributed by atoms with Gasteiger partial charge < -0.3 is 10.2 Å². The van der Waals surface area contributed by atoms with Crippen molar-refractivity contribution < 1.29 is 0 Å². The van der Waals surface area contributed by atoms with Crippen molar-refractivity contribution in [3.63, 3.8) is 0 Å². The van der Waals surface area contributed by atoms with Crippen LogP contribution >= 0.6 is 0 Å². The fraction of sp³-hybridized carbons (Fsp3) is 0.857. The molecule has 0 spiro atoms. The Bertz CT molecular complexity index is 350. The first kappa shape index (κ1) is 14.3. The molecule has 5 heteroatoms. The number of nitrogens with one attached hydrogen (secondary N) is 2. The van der Waals surface area contributed by atoms with E-state index in [1.54, 1.807) is 0 Å². The van der Waals surface area contributed by atoms with Gasteiger partial charge in [0, 0.05) is 31.6 Å². The van der Waals surface area contributed by atoms with Crippen LogP contribution in [-0.2, 0) is 0 Å². The summed E-state index contributed by atoms with van der Waals surface area (Å²) < 4.78 is 0. The second kappa shape index (κ2) is 6.89. The van der Waals surface area contributed by atoms with Gasteiger partial charge in [-0.2, -0.15) is 4.98 Å². The average molecular weight is 265 g/mol. The van der Waals surface area contributed by atoms with Gasteiger partial charge in [0.2, 0.25) is 5.95 Å². The summed E-state index contributed by atoms with van der Waals surface area (Å²) >= 11 is 0. The molecule has 0 saturated carbocycles. The van der Waals surface area contributed by atoms with Crippen LogP contribution in [0, 0.1) is 0 Å². The van der Waals surface area contributed by atoms with E-state index in [2.05, 4.69) is 41.2 Å². The van der Waals surface area contributed by atoms with Crippen LogP contribution in [0.25, 0.3) is 0 Å². The lowest BCUT2D eigenvalue weighted by molar-refractivity contribution is 0.479. The second-order valence-electron chi connectivity index (χ2n) is 5.60. The number of nitrogens with zero attached hydrogens (tertiary/aromatic N) is 3.